The lowest BCUT2D eigenvalue weighted by Gasteiger charge is -2.32. The Kier molecular flexibility index (Phi) is 5.31. The van der Waals surface area contributed by atoms with E-state index in [1.165, 1.54) is 11.5 Å². The van der Waals surface area contributed by atoms with Crippen LogP contribution >= 0.6 is 11.5 Å². The summed E-state index contributed by atoms with van der Waals surface area (Å²) in [6.07, 6.45) is 2.26. The Hall–Kier alpha value is -1.21. The van der Waals surface area contributed by atoms with Crippen LogP contribution in [0.1, 0.15) is 38.4 Å². The molecule has 1 fully saturated rings. The first-order valence-electron chi connectivity index (χ1n) is 7.07. The fourth-order valence-corrected chi connectivity index (χ4v) is 3.22. The Balaban J connectivity index is 1.87. The van der Waals surface area contributed by atoms with E-state index in [-0.39, 0.29) is 6.54 Å². The molecule has 112 valence electrons. The van der Waals surface area contributed by atoms with E-state index in [4.69, 9.17) is 5.11 Å². The average Bonchev–Trinajstić information content (AvgIpc) is 2.88. The SMILES string of the molecule is CC(C)c1nsc(N2CCCC(CNCC(=O)O)C2)n1. The van der Waals surface area contributed by atoms with Gasteiger partial charge in [0, 0.05) is 37.1 Å². The number of aliphatic carboxylic acids is 1. The second-order valence-corrected chi connectivity index (χ2v) is 6.30. The van der Waals surface area contributed by atoms with Crippen LogP contribution in [0, 0.1) is 5.92 Å². The number of hydrogen-bond donors (Lipinski definition) is 2. The molecule has 2 heterocycles. The Morgan fingerprint density at radius 3 is 3.05 bits per heavy atom. The number of carboxylic acids is 1. The van der Waals surface area contributed by atoms with E-state index in [1.54, 1.807) is 0 Å². The number of hydrogen-bond acceptors (Lipinski definition) is 6. The molecule has 1 unspecified atom stereocenters. The van der Waals surface area contributed by atoms with E-state index in [0.29, 0.717) is 11.8 Å². The third-order valence-corrected chi connectivity index (χ3v) is 4.24. The normalized spacial score (nSPS) is 19.6. The quantitative estimate of drug-likeness (QED) is 0.829. The van der Waals surface area contributed by atoms with E-state index in [2.05, 4.69) is 33.4 Å². The fraction of sp³-hybridized carbons (Fsp3) is 0.769. The van der Waals surface area contributed by atoms with Crippen molar-refractivity contribution >= 4 is 22.6 Å². The monoisotopic (exact) mass is 298 g/mol. The zero-order valence-electron chi connectivity index (χ0n) is 12.0. The highest BCUT2D eigenvalue weighted by molar-refractivity contribution is 7.09. The van der Waals surface area contributed by atoms with Gasteiger partial charge in [-0.05, 0) is 18.8 Å². The van der Waals surface area contributed by atoms with Crippen molar-refractivity contribution in [2.75, 3.05) is 31.1 Å². The maximum Gasteiger partial charge on any atom is 0.317 e. The number of rotatable bonds is 6. The molecule has 0 aliphatic carbocycles. The van der Waals surface area contributed by atoms with Gasteiger partial charge in [0.15, 0.2) is 0 Å². The number of anilines is 1. The zero-order valence-corrected chi connectivity index (χ0v) is 12.8. The molecule has 1 saturated heterocycles. The summed E-state index contributed by atoms with van der Waals surface area (Å²) in [5.74, 6) is 0.951. The van der Waals surface area contributed by atoms with Gasteiger partial charge in [-0.1, -0.05) is 13.8 Å². The van der Waals surface area contributed by atoms with Crippen molar-refractivity contribution in [2.45, 2.75) is 32.6 Å². The summed E-state index contributed by atoms with van der Waals surface area (Å²) in [6.45, 7) is 6.92. The van der Waals surface area contributed by atoms with Gasteiger partial charge >= 0.3 is 5.97 Å². The number of aromatic nitrogens is 2. The van der Waals surface area contributed by atoms with Crippen LogP contribution in [0.2, 0.25) is 0 Å². The largest absolute Gasteiger partial charge is 0.480 e. The van der Waals surface area contributed by atoms with Gasteiger partial charge in [-0.3, -0.25) is 4.79 Å². The number of carboxylic acid groups (broad SMARTS) is 1. The molecular formula is C13H22N4O2S. The highest BCUT2D eigenvalue weighted by atomic mass is 32.1. The van der Waals surface area contributed by atoms with Crippen LogP contribution in [0.15, 0.2) is 0 Å². The van der Waals surface area contributed by atoms with E-state index in [1.807, 2.05) is 0 Å². The average molecular weight is 298 g/mol. The molecule has 0 radical (unpaired) electrons. The number of nitrogens with one attached hydrogen (secondary N) is 1. The van der Waals surface area contributed by atoms with Crippen LogP contribution in [0.4, 0.5) is 5.13 Å². The maximum atomic E-state index is 10.5. The van der Waals surface area contributed by atoms with Gasteiger partial charge in [-0.25, -0.2) is 4.98 Å². The van der Waals surface area contributed by atoms with Crippen molar-refractivity contribution in [3.63, 3.8) is 0 Å². The molecule has 1 atom stereocenters. The number of piperidine rings is 1. The van der Waals surface area contributed by atoms with Crippen molar-refractivity contribution in [2.24, 2.45) is 5.92 Å². The zero-order chi connectivity index (χ0) is 14.5. The molecule has 0 aromatic carbocycles. The Morgan fingerprint density at radius 2 is 2.40 bits per heavy atom. The molecule has 2 N–H and O–H groups in total. The first-order valence-corrected chi connectivity index (χ1v) is 7.84. The Bertz CT molecular complexity index is 449. The molecular weight excluding hydrogens is 276 g/mol. The van der Waals surface area contributed by atoms with Gasteiger partial charge in [0.1, 0.15) is 5.82 Å². The summed E-state index contributed by atoms with van der Waals surface area (Å²) < 4.78 is 4.40. The molecule has 0 saturated carbocycles. The Labute approximate surface area is 123 Å². The molecule has 1 aromatic rings. The first-order chi connectivity index (χ1) is 9.56. The fourth-order valence-electron chi connectivity index (χ4n) is 2.38. The lowest BCUT2D eigenvalue weighted by molar-refractivity contribution is -0.136. The predicted molar refractivity (Wildman–Crippen MR) is 79.4 cm³/mol. The molecule has 2 rings (SSSR count). The molecule has 6 nitrogen and oxygen atoms in total. The van der Waals surface area contributed by atoms with Crippen LogP contribution in [-0.2, 0) is 4.79 Å². The molecule has 7 heteroatoms. The van der Waals surface area contributed by atoms with Gasteiger partial charge in [-0.15, -0.1) is 0 Å². The van der Waals surface area contributed by atoms with Gasteiger partial charge in [-0.2, -0.15) is 4.37 Å². The summed E-state index contributed by atoms with van der Waals surface area (Å²) >= 11 is 1.47. The first kappa shape index (κ1) is 15.2. The number of nitrogens with zero attached hydrogens (tertiary/aromatic N) is 3. The second kappa shape index (κ2) is 6.99. The molecule has 20 heavy (non-hydrogen) atoms. The summed E-state index contributed by atoms with van der Waals surface area (Å²) in [4.78, 5) is 17.4. The topological polar surface area (TPSA) is 78.4 Å². The van der Waals surface area contributed by atoms with Gasteiger partial charge in [0.2, 0.25) is 5.13 Å². The van der Waals surface area contributed by atoms with Crippen LogP contribution in [0.25, 0.3) is 0 Å². The minimum Gasteiger partial charge on any atom is -0.480 e. The van der Waals surface area contributed by atoms with Crippen LogP contribution in [0.5, 0.6) is 0 Å². The third-order valence-electron chi connectivity index (χ3n) is 3.45. The van der Waals surface area contributed by atoms with Crippen LogP contribution in [-0.4, -0.2) is 46.6 Å². The second-order valence-electron chi connectivity index (χ2n) is 5.57. The number of carbonyl (C=O) groups is 1. The molecule has 0 amide bonds. The van der Waals surface area contributed by atoms with Crippen LogP contribution < -0.4 is 10.2 Å². The van der Waals surface area contributed by atoms with Gasteiger partial charge < -0.3 is 15.3 Å². The summed E-state index contributed by atoms with van der Waals surface area (Å²) in [7, 11) is 0. The van der Waals surface area contributed by atoms with E-state index in [0.717, 1.165) is 43.4 Å². The van der Waals surface area contributed by atoms with Crippen molar-refractivity contribution in [3.05, 3.63) is 5.82 Å². The third kappa shape index (κ3) is 4.14. The summed E-state index contributed by atoms with van der Waals surface area (Å²) in [6, 6.07) is 0. The minimum atomic E-state index is -0.802. The minimum absolute atomic E-state index is 0.0345. The van der Waals surface area contributed by atoms with Crippen molar-refractivity contribution in [3.8, 4) is 0 Å². The van der Waals surface area contributed by atoms with Gasteiger partial charge in [0.05, 0.1) is 6.54 Å². The standard InChI is InChI=1S/C13H22N4O2S/c1-9(2)12-15-13(20-16-12)17-5-3-4-10(8-17)6-14-7-11(18)19/h9-10,14H,3-8H2,1-2H3,(H,18,19). The predicted octanol–water partition coefficient (Wildman–Crippen LogP) is 1.55. The molecule has 0 bridgehead atoms. The van der Waals surface area contributed by atoms with Crippen molar-refractivity contribution < 1.29 is 9.90 Å². The van der Waals surface area contributed by atoms with Crippen molar-refractivity contribution in [1.29, 1.82) is 0 Å². The lowest BCUT2D eigenvalue weighted by Crippen LogP contribution is -2.40. The van der Waals surface area contributed by atoms with Crippen molar-refractivity contribution in [1.82, 2.24) is 14.7 Å². The molecule has 0 spiro atoms. The highest BCUT2D eigenvalue weighted by Gasteiger charge is 2.22. The van der Waals surface area contributed by atoms with E-state index < -0.39 is 5.97 Å². The summed E-state index contributed by atoms with van der Waals surface area (Å²) in [5.41, 5.74) is 0. The Morgan fingerprint density at radius 1 is 1.60 bits per heavy atom. The molecule has 1 aliphatic rings. The molecule has 1 aliphatic heterocycles. The smallest absolute Gasteiger partial charge is 0.317 e. The maximum absolute atomic E-state index is 10.5. The highest BCUT2D eigenvalue weighted by Crippen LogP contribution is 2.26. The van der Waals surface area contributed by atoms with Gasteiger partial charge in [0.25, 0.3) is 0 Å². The van der Waals surface area contributed by atoms with E-state index >= 15 is 0 Å². The van der Waals surface area contributed by atoms with E-state index in [9.17, 15) is 4.79 Å². The van der Waals surface area contributed by atoms with Crippen LogP contribution in [0.3, 0.4) is 0 Å². The lowest BCUT2D eigenvalue weighted by atomic mass is 9.98. The molecule has 1 aromatic heterocycles. The summed E-state index contributed by atoms with van der Waals surface area (Å²) in [5, 5.41) is 12.6.